The van der Waals surface area contributed by atoms with Crippen LogP contribution in [-0.4, -0.2) is 26.7 Å². The Bertz CT molecular complexity index is 834. The van der Waals surface area contributed by atoms with Crippen molar-refractivity contribution >= 4 is 27.7 Å². The predicted octanol–water partition coefficient (Wildman–Crippen LogP) is 1.69. The highest BCUT2D eigenvalue weighted by atomic mass is 32.2. The first kappa shape index (κ1) is 16.9. The molecule has 0 aliphatic heterocycles. The van der Waals surface area contributed by atoms with Crippen LogP contribution in [0.4, 0.5) is 11.5 Å². The molecule has 7 nitrogen and oxygen atoms in total. The number of sulfonamides is 1. The van der Waals surface area contributed by atoms with E-state index in [4.69, 9.17) is 10.5 Å². The molecule has 1 aromatic carbocycles. The number of primary sulfonamides is 1. The predicted molar refractivity (Wildman–Crippen MR) is 91.5 cm³/mol. The van der Waals surface area contributed by atoms with Crippen LogP contribution < -0.4 is 15.8 Å². The molecule has 0 aliphatic carbocycles. The Labute approximate surface area is 135 Å². The van der Waals surface area contributed by atoms with E-state index in [2.05, 4.69) is 15.6 Å². The SMILES string of the molecule is CNc1nccc(NCc2ccc(S(N)(=O)=O)cc2C)c1C=N. The second-order valence-electron chi connectivity index (χ2n) is 5.00. The molecule has 1 heterocycles. The van der Waals surface area contributed by atoms with Crippen molar-refractivity contribution in [3.63, 3.8) is 0 Å². The van der Waals surface area contributed by atoms with Crippen LogP contribution in [0.3, 0.4) is 0 Å². The van der Waals surface area contributed by atoms with Crippen molar-refractivity contribution in [1.29, 1.82) is 5.41 Å². The van der Waals surface area contributed by atoms with Crippen LogP contribution >= 0.6 is 0 Å². The summed E-state index contributed by atoms with van der Waals surface area (Å²) >= 11 is 0. The van der Waals surface area contributed by atoms with E-state index >= 15 is 0 Å². The highest BCUT2D eigenvalue weighted by Gasteiger charge is 2.10. The van der Waals surface area contributed by atoms with Crippen molar-refractivity contribution in [2.24, 2.45) is 5.14 Å². The van der Waals surface area contributed by atoms with E-state index < -0.39 is 10.0 Å². The van der Waals surface area contributed by atoms with Crippen molar-refractivity contribution in [1.82, 2.24) is 4.98 Å². The molecule has 23 heavy (non-hydrogen) atoms. The van der Waals surface area contributed by atoms with Gasteiger partial charge in [-0.25, -0.2) is 18.5 Å². The maximum absolute atomic E-state index is 11.4. The summed E-state index contributed by atoms with van der Waals surface area (Å²) in [4.78, 5) is 4.25. The second-order valence-corrected chi connectivity index (χ2v) is 6.56. The molecule has 0 unspecified atom stereocenters. The fourth-order valence-electron chi connectivity index (χ4n) is 2.21. The van der Waals surface area contributed by atoms with Crippen molar-refractivity contribution in [3.05, 3.63) is 47.2 Å². The lowest BCUT2D eigenvalue weighted by Gasteiger charge is -2.14. The zero-order chi connectivity index (χ0) is 17.0. The Hall–Kier alpha value is -2.45. The van der Waals surface area contributed by atoms with Crippen LogP contribution in [0.15, 0.2) is 35.4 Å². The molecule has 8 heteroatoms. The third-order valence-corrected chi connectivity index (χ3v) is 4.39. The molecular formula is C15H19N5O2S. The molecule has 0 amide bonds. The molecular weight excluding hydrogens is 314 g/mol. The zero-order valence-electron chi connectivity index (χ0n) is 12.9. The monoisotopic (exact) mass is 333 g/mol. The Morgan fingerprint density at radius 2 is 2.09 bits per heavy atom. The molecule has 2 rings (SSSR count). The first-order valence-electron chi connectivity index (χ1n) is 6.90. The zero-order valence-corrected chi connectivity index (χ0v) is 13.7. The average molecular weight is 333 g/mol. The van der Waals surface area contributed by atoms with E-state index in [0.717, 1.165) is 16.8 Å². The molecule has 0 fully saturated rings. The van der Waals surface area contributed by atoms with Crippen molar-refractivity contribution in [2.75, 3.05) is 17.7 Å². The molecule has 0 spiro atoms. The second kappa shape index (κ2) is 6.76. The van der Waals surface area contributed by atoms with Gasteiger partial charge in [-0.3, -0.25) is 0 Å². The lowest BCUT2D eigenvalue weighted by molar-refractivity contribution is 0.597. The van der Waals surface area contributed by atoms with Gasteiger partial charge in [-0.05, 0) is 36.2 Å². The van der Waals surface area contributed by atoms with Gasteiger partial charge < -0.3 is 16.0 Å². The minimum atomic E-state index is -3.70. The summed E-state index contributed by atoms with van der Waals surface area (Å²) in [5.41, 5.74) is 3.20. The molecule has 0 aliphatic rings. The van der Waals surface area contributed by atoms with Crippen molar-refractivity contribution < 1.29 is 8.42 Å². The van der Waals surface area contributed by atoms with Gasteiger partial charge in [0.1, 0.15) is 5.82 Å². The maximum atomic E-state index is 11.4. The summed E-state index contributed by atoms with van der Waals surface area (Å²) in [7, 11) is -1.95. The Morgan fingerprint density at radius 1 is 1.35 bits per heavy atom. The minimum Gasteiger partial charge on any atom is -0.380 e. The number of hydrogen-bond acceptors (Lipinski definition) is 6. The van der Waals surface area contributed by atoms with E-state index in [1.54, 1.807) is 31.4 Å². The number of hydrogen-bond donors (Lipinski definition) is 4. The number of rotatable bonds is 6. The Morgan fingerprint density at radius 3 is 2.65 bits per heavy atom. The van der Waals surface area contributed by atoms with E-state index in [-0.39, 0.29) is 4.90 Å². The number of nitrogens with one attached hydrogen (secondary N) is 3. The largest absolute Gasteiger partial charge is 0.380 e. The maximum Gasteiger partial charge on any atom is 0.238 e. The van der Waals surface area contributed by atoms with E-state index in [1.807, 2.05) is 6.92 Å². The molecule has 0 saturated carbocycles. The number of nitrogens with two attached hydrogens (primary N) is 1. The number of nitrogens with zero attached hydrogens (tertiary/aromatic N) is 1. The lowest BCUT2D eigenvalue weighted by Crippen LogP contribution is -2.13. The van der Waals surface area contributed by atoms with Crippen LogP contribution in [0.5, 0.6) is 0 Å². The topological polar surface area (TPSA) is 121 Å². The third kappa shape index (κ3) is 3.85. The summed E-state index contributed by atoms with van der Waals surface area (Å²) in [6.07, 6.45) is 2.89. The van der Waals surface area contributed by atoms with Crippen LogP contribution in [0, 0.1) is 12.3 Å². The summed E-state index contributed by atoms with van der Waals surface area (Å²) in [5, 5.41) is 18.8. The van der Waals surface area contributed by atoms with Gasteiger partial charge in [0, 0.05) is 31.7 Å². The fraction of sp³-hybridized carbons (Fsp3) is 0.200. The van der Waals surface area contributed by atoms with Crippen LogP contribution in [0.2, 0.25) is 0 Å². The van der Waals surface area contributed by atoms with Gasteiger partial charge in [0.2, 0.25) is 10.0 Å². The summed E-state index contributed by atoms with van der Waals surface area (Å²) in [6, 6.07) is 6.56. The molecule has 0 atom stereocenters. The number of anilines is 2. The lowest BCUT2D eigenvalue weighted by atomic mass is 10.1. The van der Waals surface area contributed by atoms with Gasteiger partial charge in [0.25, 0.3) is 0 Å². The Kier molecular flexibility index (Phi) is 4.97. The third-order valence-electron chi connectivity index (χ3n) is 3.48. The highest BCUT2D eigenvalue weighted by Crippen LogP contribution is 2.21. The smallest absolute Gasteiger partial charge is 0.238 e. The van der Waals surface area contributed by atoms with Gasteiger partial charge in [0.15, 0.2) is 0 Å². The van der Waals surface area contributed by atoms with Crippen LogP contribution in [-0.2, 0) is 16.6 Å². The molecule has 0 radical (unpaired) electrons. The van der Waals surface area contributed by atoms with Crippen molar-refractivity contribution in [2.45, 2.75) is 18.4 Å². The van der Waals surface area contributed by atoms with E-state index in [9.17, 15) is 8.42 Å². The molecule has 122 valence electrons. The minimum absolute atomic E-state index is 0.0975. The standard InChI is InChI=1S/C15H19N5O2S/c1-10-7-12(23(17,21)22)4-3-11(10)9-20-14-5-6-19-15(18-2)13(14)8-16/h3-8,16H,9H2,1-2H3,(H2,17,21,22)(H2,18,19,20). The van der Waals surface area contributed by atoms with Gasteiger partial charge in [0.05, 0.1) is 10.5 Å². The van der Waals surface area contributed by atoms with Gasteiger partial charge >= 0.3 is 0 Å². The number of benzene rings is 1. The molecule has 0 bridgehead atoms. The number of aromatic nitrogens is 1. The fourth-order valence-corrected chi connectivity index (χ4v) is 2.81. The highest BCUT2D eigenvalue weighted by molar-refractivity contribution is 7.89. The van der Waals surface area contributed by atoms with Crippen LogP contribution in [0.25, 0.3) is 0 Å². The summed E-state index contributed by atoms with van der Waals surface area (Å²) < 4.78 is 22.7. The average Bonchev–Trinajstić information content (AvgIpc) is 2.52. The van der Waals surface area contributed by atoms with Crippen molar-refractivity contribution in [3.8, 4) is 0 Å². The number of pyridine rings is 1. The normalized spacial score (nSPS) is 11.1. The summed E-state index contributed by atoms with van der Waals surface area (Å²) in [6.45, 7) is 2.32. The summed E-state index contributed by atoms with van der Waals surface area (Å²) in [5.74, 6) is 0.617. The van der Waals surface area contributed by atoms with Gasteiger partial charge in [-0.2, -0.15) is 0 Å². The van der Waals surface area contributed by atoms with E-state index in [0.29, 0.717) is 17.9 Å². The number of aryl methyl sites for hydroxylation is 1. The molecule has 0 saturated heterocycles. The molecule has 5 N–H and O–H groups in total. The quantitative estimate of drug-likeness (QED) is 0.599. The molecule has 2 aromatic rings. The first-order valence-corrected chi connectivity index (χ1v) is 8.45. The van der Waals surface area contributed by atoms with Crippen LogP contribution in [0.1, 0.15) is 16.7 Å². The first-order chi connectivity index (χ1) is 10.9. The molecule has 1 aromatic heterocycles. The Balaban J connectivity index is 2.24. The van der Waals surface area contributed by atoms with Gasteiger partial charge in [-0.1, -0.05) is 6.07 Å². The van der Waals surface area contributed by atoms with Gasteiger partial charge in [-0.15, -0.1) is 0 Å². The van der Waals surface area contributed by atoms with E-state index in [1.165, 1.54) is 12.3 Å².